The second-order valence-electron chi connectivity index (χ2n) is 6.48. The fourth-order valence-electron chi connectivity index (χ4n) is 2.51. The molecular formula is C21H21N3O4S2. The zero-order chi connectivity index (χ0) is 21.6. The van der Waals surface area contributed by atoms with E-state index >= 15 is 0 Å². The molecule has 0 radical (unpaired) electrons. The van der Waals surface area contributed by atoms with Crippen molar-refractivity contribution in [2.24, 2.45) is 10.2 Å². The molecule has 156 valence electrons. The van der Waals surface area contributed by atoms with Crippen molar-refractivity contribution in [1.82, 2.24) is 5.43 Å². The molecule has 9 heteroatoms. The van der Waals surface area contributed by atoms with Gasteiger partial charge in [-0.1, -0.05) is 17.7 Å². The highest BCUT2D eigenvalue weighted by Crippen LogP contribution is 2.23. The lowest BCUT2D eigenvalue weighted by Gasteiger charge is -2.02. The van der Waals surface area contributed by atoms with Crippen LogP contribution in [0.3, 0.4) is 0 Å². The van der Waals surface area contributed by atoms with Crippen LogP contribution in [0.15, 0.2) is 80.0 Å². The van der Waals surface area contributed by atoms with Crippen LogP contribution in [0, 0.1) is 6.92 Å². The van der Waals surface area contributed by atoms with Gasteiger partial charge in [0.1, 0.15) is 11.5 Å². The number of hydrogen-bond acceptors (Lipinski definition) is 6. The van der Waals surface area contributed by atoms with Crippen molar-refractivity contribution in [1.29, 1.82) is 0 Å². The summed E-state index contributed by atoms with van der Waals surface area (Å²) in [6.45, 7) is 2.03. The molecule has 0 saturated heterocycles. The molecule has 1 heterocycles. The summed E-state index contributed by atoms with van der Waals surface area (Å²) < 4.78 is 28.3. The van der Waals surface area contributed by atoms with Gasteiger partial charge in [-0.15, -0.1) is 11.8 Å². The molecule has 0 aliphatic rings. The van der Waals surface area contributed by atoms with Crippen LogP contribution in [0.2, 0.25) is 0 Å². The number of primary sulfonamides is 1. The second kappa shape index (κ2) is 9.75. The van der Waals surface area contributed by atoms with Crippen molar-refractivity contribution in [3.8, 4) is 11.3 Å². The Bertz CT molecular complexity index is 1140. The predicted molar refractivity (Wildman–Crippen MR) is 118 cm³/mol. The van der Waals surface area contributed by atoms with Gasteiger partial charge >= 0.3 is 0 Å². The second-order valence-corrected chi connectivity index (χ2v) is 9.21. The minimum Gasteiger partial charge on any atom is -0.455 e. The fourth-order valence-corrected chi connectivity index (χ4v) is 3.87. The molecule has 1 amide bonds. The van der Waals surface area contributed by atoms with Crippen molar-refractivity contribution in [2.75, 3.05) is 5.75 Å². The maximum Gasteiger partial charge on any atom is 0.240 e. The van der Waals surface area contributed by atoms with Gasteiger partial charge in [-0.2, -0.15) is 5.10 Å². The van der Waals surface area contributed by atoms with Crippen LogP contribution >= 0.6 is 11.8 Å². The monoisotopic (exact) mass is 443 g/mol. The summed E-state index contributed by atoms with van der Waals surface area (Å²) in [7, 11) is -3.73. The number of benzene rings is 2. The highest BCUT2D eigenvalue weighted by molar-refractivity contribution is 7.99. The Kier molecular flexibility index (Phi) is 7.09. The normalized spacial score (nSPS) is 11.7. The van der Waals surface area contributed by atoms with E-state index in [1.54, 1.807) is 36.0 Å². The smallest absolute Gasteiger partial charge is 0.240 e. The van der Waals surface area contributed by atoms with E-state index in [4.69, 9.17) is 9.56 Å². The SMILES string of the molecule is Cc1ccc(SCCC(=O)N/N=C\c2ccc(-c3ccc(S(N)(=O)=O)cc3)o2)cc1. The van der Waals surface area contributed by atoms with E-state index in [0.717, 1.165) is 4.90 Å². The number of hydrogen-bond donors (Lipinski definition) is 2. The van der Waals surface area contributed by atoms with Gasteiger partial charge in [0.05, 0.1) is 11.1 Å². The number of rotatable bonds is 8. The van der Waals surface area contributed by atoms with Crippen LogP contribution in [0.1, 0.15) is 17.7 Å². The molecule has 3 N–H and O–H groups in total. The zero-order valence-electron chi connectivity index (χ0n) is 16.2. The van der Waals surface area contributed by atoms with E-state index in [1.807, 2.05) is 31.2 Å². The Hall–Kier alpha value is -2.88. The summed E-state index contributed by atoms with van der Waals surface area (Å²) >= 11 is 1.61. The highest BCUT2D eigenvalue weighted by atomic mass is 32.2. The van der Waals surface area contributed by atoms with Gasteiger partial charge in [0, 0.05) is 22.6 Å². The molecule has 0 saturated carbocycles. The summed E-state index contributed by atoms with van der Waals surface area (Å²) in [5.74, 6) is 1.47. The van der Waals surface area contributed by atoms with Gasteiger partial charge in [0.25, 0.3) is 0 Å². The molecule has 0 atom stereocenters. The molecule has 0 spiro atoms. The summed E-state index contributed by atoms with van der Waals surface area (Å²) in [4.78, 5) is 13.0. The first-order chi connectivity index (χ1) is 14.3. The van der Waals surface area contributed by atoms with Gasteiger partial charge in [-0.3, -0.25) is 4.79 Å². The number of carbonyl (C=O) groups is 1. The van der Waals surface area contributed by atoms with Crippen LogP contribution in [-0.4, -0.2) is 26.3 Å². The average Bonchev–Trinajstić information content (AvgIpc) is 3.18. The Morgan fingerprint density at radius 3 is 2.47 bits per heavy atom. The third-order valence-electron chi connectivity index (χ3n) is 4.09. The minimum absolute atomic E-state index is 0.0304. The van der Waals surface area contributed by atoms with Crippen LogP contribution in [0.4, 0.5) is 0 Å². The van der Waals surface area contributed by atoms with E-state index in [0.29, 0.717) is 29.3 Å². The van der Waals surface area contributed by atoms with E-state index < -0.39 is 10.0 Å². The fraction of sp³-hybridized carbons (Fsp3) is 0.143. The molecule has 0 unspecified atom stereocenters. The topological polar surface area (TPSA) is 115 Å². The van der Waals surface area contributed by atoms with Crippen LogP contribution in [-0.2, 0) is 14.8 Å². The Balaban J connectivity index is 1.48. The van der Waals surface area contributed by atoms with Crippen LogP contribution < -0.4 is 10.6 Å². The first-order valence-electron chi connectivity index (χ1n) is 9.06. The third-order valence-corrected chi connectivity index (χ3v) is 6.04. The van der Waals surface area contributed by atoms with Crippen molar-refractivity contribution < 1.29 is 17.6 Å². The van der Waals surface area contributed by atoms with Crippen molar-refractivity contribution in [3.63, 3.8) is 0 Å². The number of nitrogens with zero attached hydrogens (tertiary/aromatic N) is 1. The van der Waals surface area contributed by atoms with Gasteiger partial charge < -0.3 is 4.42 Å². The lowest BCUT2D eigenvalue weighted by atomic mass is 10.2. The standard InChI is InChI=1S/C21H21N3O4S2/c1-15-2-7-18(8-3-15)29-13-12-21(25)24-23-14-17-6-11-20(28-17)16-4-9-19(10-5-16)30(22,26)27/h2-11,14H,12-13H2,1H3,(H,24,25)(H2,22,26,27)/b23-14-. The van der Waals surface area contributed by atoms with Crippen molar-refractivity contribution in [3.05, 3.63) is 72.0 Å². The molecule has 1 aromatic heterocycles. The van der Waals surface area contributed by atoms with Crippen LogP contribution in [0.5, 0.6) is 0 Å². The number of amides is 1. The van der Waals surface area contributed by atoms with Crippen molar-refractivity contribution >= 4 is 33.9 Å². The first kappa shape index (κ1) is 21.8. The predicted octanol–water partition coefficient (Wildman–Crippen LogP) is 3.53. The number of furan rings is 1. The molecule has 30 heavy (non-hydrogen) atoms. The molecule has 0 aliphatic carbocycles. The lowest BCUT2D eigenvalue weighted by molar-refractivity contribution is -0.120. The maximum absolute atomic E-state index is 11.9. The van der Waals surface area contributed by atoms with E-state index in [1.165, 1.54) is 23.9 Å². The van der Waals surface area contributed by atoms with Gasteiger partial charge in [-0.25, -0.2) is 19.0 Å². The van der Waals surface area contributed by atoms with E-state index in [-0.39, 0.29) is 10.8 Å². The lowest BCUT2D eigenvalue weighted by Crippen LogP contribution is -2.17. The minimum atomic E-state index is -3.73. The molecule has 0 fully saturated rings. The van der Waals surface area contributed by atoms with Crippen molar-refractivity contribution in [2.45, 2.75) is 23.1 Å². The quantitative estimate of drug-likeness (QED) is 0.314. The number of hydrazone groups is 1. The molecule has 2 aromatic carbocycles. The number of aryl methyl sites for hydroxylation is 1. The van der Waals surface area contributed by atoms with Gasteiger partial charge in [-0.05, 0) is 55.5 Å². The molecule has 7 nitrogen and oxygen atoms in total. The zero-order valence-corrected chi connectivity index (χ0v) is 17.9. The molecule has 3 aromatic rings. The number of carbonyl (C=O) groups excluding carboxylic acids is 1. The van der Waals surface area contributed by atoms with Crippen LogP contribution in [0.25, 0.3) is 11.3 Å². The molecular weight excluding hydrogens is 422 g/mol. The number of sulfonamides is 1. The highest BCUT2D eigenvalue weighted by Gasteiger charge is 2.09. The summed E-state index contributed by atoms with van der Waals surface area (Å²) in [5, 5.41) is 9.00. The molecule has 3 rings (SSSR count). The van der Waals surface area contributed by atoms with Gasteiger partial charge in [0.2, 0.25) is 15.9 Å². The van der Waals surface area contributed by atoms with E-state index in [9.17, 15) is 13.2 Å². The van der Waals surface area contributed by atoms with E-state index in [2.05, 4.69) is 10.5 Å². The first-order valence-corrected chi connectivity index (χ1v) is 11.6. The number of nitrogens with two attached hydrogens (primary N) is 1. The largest absolute Gasteiger partial charge is 0.455 e. The summed E-state index contributed by atoms with van der Waals surface area (Å²) in [6, 6.07) is 17.6. The summed E-state index contributed by atoms with van der Waals surface area (Å²) in [6.07, 6.45) is 1.75. The Labute approximate surface area is 179 Å². The molecule has 0 aliphatic heterocycles. The average molecular weight is 444 g/mol. The summed E-state index contributed by atoms with van der Waals surface area (Å²) in [5.41, 5.74) is 4.37. The van der Waals surface area contributed by atoms with Gasteiger partial charge in [0.15, 0.2) is 0 Å². The Morgan fingerprint density at radius 2 is 1.80 bits per heavy atom. The number of thioether (sulfide) groups is 1. The Morgan fingerprint density at radius 1 is 1.10 bits per heavy atom. The maximum atomic E-state index is 11.9. The number of nitrogens with one attached hydrogen (secondary N) is 1. The third kappa shape index (κ3) is 6.31. The molecule has 0 bridgehead atoms.